The summed E-state index contributed by atoms with van der Waals surface area (Å²) in [7, 11) is 0. The first-order valence-electron chi connectivity index (χ1n) is 9.12. The van der Waals surface area contributed by atoms with E-state index < -0.39 is 17.4 Å². The highest BCUT2D eigenvalue weighted by atomic mass is 16.2. The molecule has 0 radical (unpaired) electrons. The lowest BCUT2D eigenvalue weighted by Crippen LogP contribution is -2.52. The SMILES string of the molecule is C[C@H]1N[C@@]2(C(=O)Nc3ccccc32)[C@H]2C(=O)N(Cc3ccccc3)C(=O)[C@H]12. The fraction of sp³-hybridized carbons (Fsp3) is 0.286. The molecule has 5 rings (SSSR count). The van der Waals surface area contributed by atoms with Gasteiger partial charge in [-0.2, -0.15) is 0 Å². The number of benzene rings is 2. The Labute approximate surface area is 156 Å². The van der Waals surface area contributed by atoms with Crippen LogP contribution in [-0.2, 0) is 26.5 Å². The third-order valence-electron chi connectivity index (χ3n) is 6.04. The van der Waals surface area contributed by atoms with Gasteiger partial charge in [0.05, 0.1) is 18.4 Å². The van der Waals surface area contributed by atoms with Crippen LogP contribution in [0.4, 0.5) is 5.69 Å². The monoisotopic (exact) mass is 361 g/mol. The van der Waals surface area contributed by atoms with E-state index in [4.69, 9.17) is 0 Å². The molecule has 2 saturated heterocycles. The summed E-state index contributed by atoms with van der Waals surface area (Å²) >= 11 is 0. The molecule has 2 aromatic rings. The van der Waals surface area contributed by atoms with Crippen molar-refractivity contribution in [3.63, 3.8) is 0 Å². The summed E-state index contributed by atoms with van der Waals surface area (Å²) in [6.07, 6.45) is 0. The smallest absolute Gasteiger partial charge is 0.250 e. The lowest BCUT2D eigenvalue weighted by molar-refractivity contribution is -0.143. The van der Waals surface area contributed by atoms with Crippen molar-refractivity contribution in [2.75, 3.05) is 5.32 Å². The first kappa shape index (κ1) is 16.2. The van der Waals surface area contributed by atoms with E-state index in [1.165, 1.54) is 4.90 Å². The molecule has 0 bridgehead atoms. The average Bonchev–Trinajstić information content (AvgIpc) is 3.23. The lowest BCUT2D eigenvalue weighted by atomic mass is 9.76. The molecule has 6 nitrogen and oxygen atoms in total. The Kier molecular flexibility index (Phi) is 3.30. The number of anilines is 1. The maximum absolute atomic E-state index is 13.3. The van der Waals surface area contributed by atoms with E-state index in [2.05, 4.69) is 10.6 Å². The minimum absolute atomic E-state index is 0.206. The van der Waals surface area contributed by atoms with Gasteiger partial charge >= 0.3 is 0 Å². The molecule has 0 aromatic heterocycles. The Bertz CT molecular complexity index is 974. The lowest BCUT2D eigenvalue weighted by Gasteiger charge is -2.29. The van der Waals surface area contributed by atoms with Crippen molar-refractivity contribution in [1.29, 1.82) is 0 Å². The Morgan fingerprint density at radius 1 is 0.963 bits per heavy atom. The fourth-order valence-corrected chi connectivity index (χ4v) is 4.90. The maximum Gasteiger partial charge on any atom is 0.250 e. The van der Waals surface area contributed by atoms with Crippen LogP contribution in [0.1, 0.15) is 18.1 Å². The van der Waals surface area contributed by atoms with Gasteiger partial charge in [-0.1, -0.05) is 48.5 Å². The number of nitrogens with one attached hydrogen (secondary N) is 2. The van der Waals surface area contributed by atoms with Crippen molar-refractivity contribution in [1.82, 2.24) is 10.2 Å². The normalized spacial score (nSPS) is 31.4. The predicted molar refractivity (Wildman–Crippen MR) is 98.3 cm³/mol. The van der Waals surface area contributed by atoms with Crippen LogP contribution in [0.5, 0.6) is 0 Å². The number of carbonyl (C=O) groups excluding carboxylic acids is 3. The second-order valence-corrected chi connectivity index (χ2v) is 7.49. The van der Waals surface area contributed by atoms with Crippen molar-refractivity contribution in [3.8, 4) is 0 Å². The summed E-state index contributed by atoms with van der Waals surface area (Å²) in [5, 5.41) is 6.18. The third kappa shape index (κ3) is 2.01. The number of carbonyl (C=O) groups is 3. The Balaban J connectivity index is 1.59. The number of fused-ring (bicyclic) bond motifs is 4. The van der Waals surface area contributed by atoms with E-state index in [-0.39, 0.29) is 30.3 Å². The number of imide groups is 1. The number of amides is 3. The molecule has 3 heterocycles. The van der Waals surface area contributed by atoms with Crippen LogP contribution in [0.3, 0.4) is 0 Å². The van der Waals surface area contributed by atoms with Crippen LogP contribution < -0.4 is 10.6 Å². The highest BCUT2D eigenvalue weighted by molar-refractivity contribution is 6.15. The predicted octanol–water partition coefficient (Wildman–Crippen LogP) is 1.63. The largest absolute Gasteiger partial charge is 0.324 e. The van der Waals surface area contributed by atoms with Crippen molar-refractivity contribution in [2.45, 2.75) is 25.0 Å². The van der Waals surface area contributed by atoms with Gasteiger partial charge in [0.1, 0.15) is 5.54 Å². The molecule has 0 saturated carbocycles. The molecular formula is C21H19N3O3. The highest BCUT2D eigenvalue weighted by Crippen LogP contribution is 2.52. The number of para-hydroxylation sites is 1. The summed E-state index contributed by atoms with van der Waals surface area (Å²) in [5.74, 6) is -2.02. The molecule has 3 aliphatic heterocycles. The van der Waals surface area contributed by atoms with Crippen LogP contribution >= 0.6 is 0 Å². The average molecular weight is 361 g/mol. The Hall–Kier alpha value is -2.99. The van der Waals surface area contributed by atoms with E-state index in [1.54, 1.807) is 0 Å². The number of hydrogen-bond acceptors (Lipinski definition) is 4. The number of nitrogens with zero attached hydrogens (tertiary/aromatic N) is 1. The van der Waals surface area contributed by atoms with Crippen LogP contribution in [0.25, 0.3) is 0 Å². The highest BCUT2D eigenvalue weighted by Gasteiger charge is 2.69. The van der Waals surface area contributed by atoms with Crippen molar-refractivity contribution in [2.24, 2.45) is 11.8 Å². The second kappa shape index (κ2) is 5.50. The summed E-state index contributed by atoms with van der Waals surface area (Å²) in [4.78, 5) is 40.8. The second-order valence-electron chi connectivity index (χ2n) is 7.49. The van der Waals surface area contributed by atoms with Crippen molar-refractivity contribution >= 4 is 23.4 Å². The molecule has 0 unspecified atom stereocenters. The van der Waals surface area contributed by atoms with Gasteiger partial charge in [-0.25, -0.2) is 0 Å². The minimum Gasteiger partial charge on any atom is -0.324 e. The van der Waals surface area contributed by atoms with Gasteiger partial charge in [0.15, 0.2) is 0 Å². The summed E-state index contributed by atoms with van der Waals surface area (Å²) in [6, 6.07) is 16.5. The molecule has 2 aromatic carbocycles. The van der Waals surface area contributed by atoms with E-state index in [0.717, 1.165) is 11.1 Å². The first-order chi connectivity index (χ1) is 13.0. The van der Waals surface area contributed by atoms with Gasteiger partial charge in [-0.15, -0.1) is 0 Å². The number of hydrogen-bond donors (Lipinski definition) is 2. The Morgan fingerprint density at radius 3 is 2.44 bits per heavy atom. The van der Waals surface area contributed by atoms with Crippen molar-refractivity contribution < 1.29 is 14.4 Å². The maximum atomic E-state index is 13.3. The molecule has 27 heavy (non-hydrogen) atoms. The van der Waals surface area contributed by atoms with Gasteiger partial charge in [-0.05, 0) is 18.6 Å². The Morgan fingerprint density at radius 2 is 1.67 bits per heavy atom. The molecular weight excluding hydrogens is 342 g/mol. The quantitative estimate of drug-likeness (QED) is 0.797. The van der Waals surface area contributed by atoms with Crippen LogP contribution in [-0.4, -0.2) is 28.7 Å². The standard InChI is InChI=1S/C21H19N3O3/c1-12-16-17(19(26)24(18(16)25)11-13-7-3-2-4-8-13)21(23-12)14-9-5-6-10-15(14)22-20(21)27/h2-10,12,16-17,23H,11H2,1H3,(H,22,27)/t12-,16-,17-,21-/m1/s1. The molecule has 0 aliphatic carbocycles. The summed E-state index contributed by atoms with van der Waals surface area (Å²) in [5.41, 5.74) is 1.16. The number of likely N-dealkylation sites (tertiary alicyclic amines) is 1. The van der Waals surface area contributed by atoms with E-state index in [0.29, 0.717) is 5.69 Å². The van der Waals surface area contributed by atoms with Gasteiger partial charge in [0.25, 0.3) is 0 Å². The van der Waals surface area contributed by atoms with Crippen LogP contribution in [0, 0.1) is 11.8 Å². The molecule has 1 spiro atoms. The summed E-state index contributed by atoms with van der Waals surface area (Å²) in [6.45, 7) is 2.11. The van der Waals surface area contributed by atoms with Gasteiger partial charge in [-0.3, -0.25) is 24.6 Å². The molecule has 2 fully saturated rings. The van der Waals surface area contributed by atoms with E-state index in [9.17, 15) is 14.4 Å². The van der Waals surface area contributed by atoms with Gasteiger partial charge in [0.2, 0.25) is 17.7 Å². The zero-order chi connectivity index (χ0) is 18.8. The fourth-order valence-electron chi connectivity index (χ4n) is 4.90. The molecule has 136 valence electrons. The van der Waals surface area contributed by atoms with Crippen LogP contribution in [0.15, 0.2) is 54.6 Å². The van der Waals surface area contributed by atoms with E-state index in [1.807, 2.05) is 61.5 Å². The van der Waals surface area contributed by atoms with Crippen LogP contribution in [0.2, 0.25) is 0 Å². The number of rotatable bonds is 2. The summed E-state index contributed by atoms with van der Waals surface area (Å²) < 4.78 is 0. The third-order valence-corrected chi connectivity index (χ3v) is 6.04. The molecule has 3 amide bonds. The van der Waals surface area contributed by atoms with Gasteiger partial charge < -0.3 is 5.32 Å². The van der Waals surface area contributed by atoms with Gasteiger partial charge in [0, 0.05) is 17.3 Å². The minimum atomic E-state index is -1.18. The molecule has 3 aliphatic rings. The zero-order valence-corrected chi connectivity index (χ0v) is 14.8. The van der Waals surface area contributed by atoms with E-state index >= 15 is 0 Å². The first-order valence-corrected chi connectivity index (χ1v) is 9.12. The zero-order valence-electron chi connectivity index (χ0n) is 14.8. The molecule has 4 atom stereocenters. The molecule has 6 heteroatoms. The topological polar surface area (TPSA) is 78.5 Å². The molecule has 2 N–H and O–H groups in total. The van der Waals surface area contributed by atoms with Crippen molar-refractivity contribution in [3.05, 3.63) is 65.7 Å².